The average molecular weight is 394 g/mol. The van der Waals surface area contributed by atoms with Gasteiger partial charge in [0.05, 0.1) is 19.3 Å². The number of ether oxygens (including phenoxy) is 1. The van der Waals surface area contributed by atoms with E-state index >= 15 is 0 Å². The third-order valence-corrected chi connectivity index (χ3v) is 5.61. The van der Waals surface area contributed by atoms with Crippen molar-refractivity contribution in [1.82, 2.24) is 10.2 Å². The molecule has 27 heavy (non-hydrogen) atoms. The van der Waals surface area contributed by atoms with Crippen molar-refractivity contribution in [2.45, 2.75) is 38.2 Å². The highest BCUT2D eigenvalue weighted by Gasteiger charge is 2.25. The topological polar surface area (TPSA) is 57.1 Å². The van der Waals surface area contributed by atoms with Gasteiger partial charge in [-0.05, 0) is 37.3 Å². The Labute approximate surface area is 168 Å². The van der Waals surface area contributed by atoms with Crippen molar-refractivity contribution in [3.05, 3.63) is 30.3 Å². The lowest BCUT2D eigenvalue weighted by Gasteiger charge is -2.22. The molecule has 0 aromatic heterocycles. The summed E-state index contributed by atoms with van der Waals surface area (Å²) in [5.41, 5.74) is 0. The molecule has 1 aromatic carbocycles. The van der Waals surface area contributed by atoms with Crippen LogP contribution < -0.4 is 5.32 Å². The van der Waals surface area contributed by atoms with E-state index in [0.29, 0.717) is 31.6 Å². The number of benzene rings is 1. The molecule has 0 aliphatic carbocycles. The number of nitrogens with zero attached hydrogens (tertiary/aromatic N) is 2. The third kappa shape index (κ3) is 8.54. The predicted molar refractivity (Wildman–Crippen MR) is 114 cm³/mol. The molecule has 2 N–H and O–H groups in total. The van der Waals surface area contributed by atoms with Gasteiger partial charge in [-0.15, -0.1) is 11.8 Å². The second kappa shape index (κ2) is 12.3. The van der Waals surface area contributed by atoms with E-state index in [1.54, 1.807) is 0 Å². The lowest BCUT2D eigenvalue weighted by Crippen LogP contribution is -2.41. The van der Waals surface area contributed by atoms with Gasteiger partial charge in [-0.2, -0.15) is 0 Å². The molecule has 1 fully saturated rings. The summed E-state index contributed by atoms with van der Waals surface area (Å²) < 4.78 is 5.51. The summed E-state index contributed by atoms with van der Waals surface area (Å²) in [5, 5.41) is 13.5. The van der Waals surface area contributed by atoms with Gasteiger partial charge >= 0.3 is 0 Å². The molecule has 1 aliphatic rings. The van der Waals surface area contributed by atoms with Crippen LogP contribution in [0.2, 0.25) is 0 Å². The molecule has 0 spiro atoms. The first-order chi connectivity index (χ1) is 13.1. The minimum atomic E-state index is -0.551. The highest BCUT2D eigenvalue weighted by Crippen LogP contribution is 2.25. The van der Waals surface area contributed by atoms with E-state index in [-0.39, 0.29) is 0 Å². The largest absolute Gasteiger partial charge is 0.389 e. The van der Waals surface area contributed by atoms with Crippen molar-refractivity contribution in [2.24, 2.45) is 16.8 Å². The predicted octanol–water partition coefficient (Wildman–Crippen LogP) is 3.10. The molecule has 1 heterocycles. The Morgan fingerprint density at radius 3 is 2.81 bits per heavy atom. The van der Waals surface area contributed by atoms with Crippen molar-refractivity contribution in [1.29, 1.82) is 0 Å². The number of hydrogen-bond donors (Lipinski definition) is 2. The number of likely N-dealkylation sites (tertiary alicyclic amines) is 1. The number of hydrogen-bond acceptors (Lipinski definition) is 4. The molecule has 2 rings (SSSR count). The summed E-state index contributed by atoms with van der Waals surface area (Å²) in [6.07, 6.45) is 0.633. The van der Waals surface area contributed by atoms with Gasteiger partial charge in [0.1, 0.15) is 0 Å². The summed E-state index contributed by atoms with van der Waals surface area (Å²) >= 11 is 1.93. The molecule has 2 unspecified atom stereocenters. The lowest BCUT2D eigenvalue weighted by molar-refractivity contribution is 0.0300. The molecule has 0 radical (unpaired) electrons. The first-order valence-corrected chi connectivity index (χ1v) is 11.0. The van der Waals surface area contributed by atoms with Gasteiger partial charge in [0.25, 0.3) is 0 Å². The minimum absolute atomic E-state index is 0.345. The second-order valence-electron chi connectivity index (χ2n) is 7.50. The SMILES string of the molecule is CCNC(=NCC(O)COCC(C)C)N1CCC(CSc2ccccc2)C1. The van der Waals surface area contributed by atoms with Crippen LogP contribution in [-0.4, -0.2) is 67.2 Å². The standard InChI is InChI=1S/C21H35N3O2S/c1-4-22-21(23-12-19(25)15-26-14-17(2)3)24-11-10-18(13-24)16-27-20-8-6-5-7-9-20/h5-9,17-19,25H,4,10-16H2,1-3H3,(H,22,23). The van der Waals surface area contributed by atoms with Crippen molar-refractivity contribution in [2.75, 3.05) is 45.1 Å². The zero-order valence-corrected chi connectivity index (χ0v) is 17.8. The number of rotatable bonds is 10. The van der Waals surface area contributed by atoms with Gasteiger partial charge in [0.15, 0.2) is 5.96 Å². The van der Waals surface area contributed by atoms with Crippen molar-refractivity contribution in [3.8, 4) is 0 Å². The summed E-state index contributed by atoms with van der Waals surface area (Å²) in [6.45, 7) is 10.6. The van der Waals surface area contributed by atoms with Crippen LogP contribution in [0.3, 0.4) is 0 Å². The number of nitrogens with one attached hydrogen (secondary N) is 1. The number of aliphatic hydroxyl groups excluding tert-OH is 1. The molecule has 0 amide bonds. The van der Waals surface area contributed by atoms with Crippen LogP contribution in [0.25, 0.3) is 0 Å². The maximum atomic E-state index is 10.1. The fourth-order valence-corrected chi connectivity index (χ4v) is 4.05. The summed E-state index contributed by atoms with van der Waals surface area (Å²) in [5.74, 6) is 3.19. The fourth-order valence-electron chi connectivity index (χ4n) is 3.00. The molecule has 5 nitrogen and oxygen atoms in total. The number of aliphatic hydroxyl groups is 1. The minimum Gasteiger partial charge on any atom is -0.389 e. The number of guanidine groups is 1. The Hall–Kier alpha value is -1.24. The van der Waals surface area contributed by atoms with Gasteiger partial charge in [0.2, 0.25) is 0 Å². The Bertz CT molecular complexity index is 554. The van der Waals surface area contributed by atoms with Gasteiger partial charge in [0, 0.05) is 36.9 Å². The van der Waals surface area contributed by atoms with E-state index in [2.05, 4.69) is 66.3 Å². The molecule has 0 saturated carbocycles. The van der Waals surface area contributed by atoms with Crippen LogP contribution in [-0.2, 0) is 4.74 Å². The highest BCUT2D eigenvalue weighted by molar-refractivity contribution is 7.99. The van der Waals surface area contributed by atoms with Crippen molar-refractivity contribution >= 4 is 17.7 Å². The van der Waals surface area contributed by atoms with Crippen LogP contribution in [0, 0.1) is 11.8 Å². The Morgan fingerprint density at radius 2 is 2.11 bits per heavy atom. The van der Waals surface area contributed by atoms with E-state index in [4.69, 9.17) is 4.74 Å². The molecule has 2 atom stereocenters. The molecule has 1 aromatic rings. The lowest BCUT2D eigenvalue weighted by atomic mass is 10.2. The molecule has 1 aliphatic heterocycles. The molecule has 0 bridgehead atoms. The second-order valence-corrected chi connectivity index (χ2v) is 8.60. The number of aliphatic imine (C=N–C) groups is 1. The first-order valence-electron chi connectivity index (χ1n) is 10.0. The normalized spacial score (nSPS) is 18.9. The van der Waals surface area contributed by atoms with E-state index in [1.807, 2.05) is 11.8 Å². The van der Waals surface area contributed by atoms with Crippen LogP contribution in [0.15, 0.2) is 40.2 Å². The van der Waals surface area contributed by atoms with E-state index < -0.39 is 6.10 Å². The molecular weight excluding hydrogens is 358 g/mol. The number of thioether (sulfide) groups is 1. The maximum Gasteiger partial charge on any atom is 0.194 e. The zero-order valence-electron chi connectivity index (χ0n) is 16.9. The summed E-state index contributed by atoms with van der Waals surface area (Å²) in [6, 6.07) is 10.6. The first kappa shape index (κ1) is 22.1. The van der Waals surface area contributed by atoms with E-state index in [0.717, 1.165) is 31.3 Å². The molecular formula is C21H35N3O2S. The maximum absolute atomic E-state index is 10.1. The van der Waals surface area contributed by atoms with Crippen LogP contribution in [0.1, 0.15) is 27.2 Å². The van der Waals surface area contributed by atoms with Gasteiger partial charge in [-0.25, -0.2) is 0 Å². The van der Waals surface area contributed by atoms with Crippen LogP contribution >= 0.6 is 11.8 Å². The summed E-state index contributed by atoms with van der Waals surface area (Å²) in [4.78, 5) is 8.30. The molecule has 152 valence electrons. The van der Waals surface area contributed by atoms with Gasteiger partial charge in [-0.3, -0.25) is 4.99 Å². The van der Waals surface area contributed by atoms with Crippen LogP contribution in [0.4, 0.5) is 0 Å². The van der Waals surface area contributed by atoms with Crippen LogP contribution in [0.5, 0.6) is 0 Å². The summed E-state index contributed by atoms with van der Waals surface area (Å²) in [7, 11) is 0. The Kier molecular flexibility index (Phi) is 10.0. The fraction of sp³-hybridized carbons (Fsp3) is 0.667. The molecule has 1 saturated heterocycles. The Morgan fingerprint density at radius 1 is 1.33 bits per heavy atom. The van der Waals surface area contributed by atoms with Gasteiger partial charge < -0.3 is 20.1 Å². The van der Waals surface area contributed by atoms with E-state index in [1.165, 1.54) is 11.3 Å². The van der Waals surface area contributed by atoms with Gasteiger partial charge in [-0.1, -0.05) is 32.0 Å². The average Bonchev–Trinajstić information content (AvgIpc) is 3.13. The van der Waals surface area contributed by atoms with Crippen molar-refractivity contribution in [3.63, 3.8) is 0 Å². The highest BCUT2D eigenvalue weighted by atomic mass is 32.2. The smallest absolute Gasteiger partial charge is 0.194 e. The van der Waals surface area contributed by atoms with Crippen molar-refractivity contribution < 1.29 is 9.84 Å². The third-order valence-electron chi connectivity index (χ3n) is 4.36. The molecule has 6 heteroatoms. The quantitative estimate of drug-likeness (QED) is 0.363. The zero-order chi connectivity index (χ0) is 19.5. The monoisotopic (exact) mass is 393 g/mol. The Balaban J connectivity index is 1.78. The van der Waals surface area contributed by atoms with E-state index in [9.17, 15) is 5.11 Å².